The van der Waals surface area contributed by atoms with E-state index >= 15 is 0 Å². The summed E-state index contributed by atoms with van der Waals surface area (Å²) in [6, 6.07) is 0. The minimum atomic E-state index is -0.504. The van der Waals surface area contributed by atoms with Gasteiger partial charge in [-0.05, 0) is 0 Å². The highest BCUT2D eigenvalue weighted by Crippen LogP contribution is 1.79. The van der Waals surface area contributed by atoms with Gasteiger partial charge in [-0.25, -0.2) is 9.67 Å². The fraction of sp³-hybridized carbons (Fsp3) is 0. The molecule has 0 saturated heterocycles. The zero-order chi connectivity index (χ0) is 7.40. The molecule has 1 rings (SSSR count). The van der Waals surface area contributed by atoms with E-state index in [-0.39, 0.29) is 0 Å². The number of primary amides is 1. The van der Waals surface area contributed by atoms with E-state index in [2.05, 4.69) is 10.1 Å². The summed E-state index contributed by atoms with van der Waals surface area (Å²) >= 11 is 0. The van der Waals surface area contributed by atoms with E-state index in [1.165, 1.54) is 29.6 Å². The number of carbonyl (C=O) groups is 1. The maximum Gasteiger partial charge on any atom is 0.242 e. The third-order valence-corrected chi connectivity index (χ3v) is 0.828. The predicted octanol–water partition coefficient (Wildman–Crippen LogP) is -0.766. The van der Waals surface area contributed by atoms with Crippen LogP contribution in [-0.4, -0.2) is 20.7 Å². The normalized spacial score (nSPS) is 10.4. The Hall–Kier alpha value is -1.65. The van der Waals surface area contributed by atoms with Crippen molar-refractivity contribution in [2.75, 3.05) is 0 Å². The first kappa shape index (κ1) is 6.47. The van der Waals surface area contributed by atoms with Crippen molar-refractivity contribution in [3.63, 3.8) is 0 Å². The Labute approximate surface area is 57.2 Å². The second-order valence-corrected chi connectivity index (χ2v) is 1.59. The molecule has 0 bridgehead atoms. The number of nitrogens with zero attached hydrogens (tertiary/aromatic N) is 3. The monoisotopic (exact) mass is 138 g/mol. The van der Waals surface area contributed by atoms with Crippen molar-refractivity contribution in [1.82, 2.24) is 14.8 Å². The molecule has 5 heteroatoms. The maximum atomic E-state index is 10.2. The Morgan fingerprint density at radius 1 is 1.70 bits per heavy atom. The summed E-state index contributed by atoms with van der Waals surface area (Å²) in [7, 11) is 0. The van der Waals surface area contributed by atoms with Gasteiger partial charge in [0.15, 0.2) is 0 Å². The SMILES string of the molecule is NC(=O)/C=C/n1cncn1. The number of hydrogen-bond donors (Lipinski definition) is 1. The Bertz CT molecular complexity index is 238. The van der Waals surface area contributed by atoms with Crippen molar-refractivity contribution in [1.29, 1.82) is 0 Å². The van der Waals surface area contributed by atoms with E-state index in [0.29, 0.717) is 0 Å². The average molecular weight is 138 g/mol. The van der Waals surface area contributed by atoms with Gasteiger partial charge in [-0.3, -0.25) is 4.79 Å². The molecule has 5 nitrogen and oxygen atoms in total. The van der Waals surface area contributed by atoms with Gasteiger partial charge in [0.1, 0.15) is 12.7 Å². The zero-order valence-corrected chi connectivity index (χ0v) is 5.14. The van der Waals surface area contributed by atoms with Crippen LogP contribution in [0.1, 0.15) is 0 Å². The summed E-state index contributed by atoms with van der Waals surface area (Å²) < 4.78 is 1.38. The number of aromatic nitrogens is 3. The van der Waals surface area contributed by atoms with E-state index in [1.54, 1.807) is 0 Å². The quantitative estimate of drug-likeness (QED) is 0.545. The van der Waals surface area contributed by atoms with Gasteiger partial charge in [-0.15, -0.1) is 0 Å². The molecule has 2 N–H and O–H groups in total. The van der Waals surface area contributed by atoms with Crippen LogP contribution in [0.15, 0.2) is 18.7 Å². The Balaban J connectivity index is 2.64. The number of hydrogen-bond acceptors (Lipinski definition) is 3. The lowest BCUT2D eigenvalue weighted by Crippen LogP contribution is -2.06. The summed E-state index contributed by atoms with van der Waals surface area (Å²) in [4.78, 5) is 13.8. The number of rotatable bonds is 2. The summed E-state index contributed by atoms with van der Waals surface area (Å²) in [6.45, 7) is 0. The smallest absolute Gasteiger partial charge is 0.242 e. The molecule has 1 amide bonds. The predicted molar refractivity (Wildman–Crippen MR) is 34.5 cm³/mol. The van der Waals surface area contributed by atoms with Crippen LogP contribution in [0.3, 0.4) is 0 Å². The lowest BCUT2D eigenvalue weighted by molar-refractivity contribution is -0.113. The largest absolute Gasteiger partial charge is 0.366 e. The van der Waals surface area contributed by atoms with Crippen LogP contribution in [0, 0.1) is 0 Å². The molecule has 10 heavy (non-hydrogen) atoms. The van der Waals surface area contributed by atoms with E-state index in [1.807, 2.05) is 0 Å². The molecule has 0 spiro atoms. The van der Waals surface area contributed by atoms with E-state index < -0.39 is 5.91 Å². The third kappa shape index (κ3) is 1.70. The molecule has 0 aromatic carbocycles. The van der Waals surface area contributed by atoms with Crippen LogP contribution in [-0.2, 0) is 4.79 Å². The topological polar surface area (TPSA) is 73.8 Å². The molecular formula is C5H6N4O. The average Bonchev–Trinajstić information content (AvgIpc) is 2.34. The molecule has 1 heterocycles. The van der Waals surface area contributed by atoms with Crippen molar-refractivity contribution in [3.8, 4) is 0 Å². The summed E-state index contributed by atoms with van der Waals surface area (Å²) in [5.74, 6) is -0.504. The first-order chi connectivity index (χ1) is 4.79. The van der Waals surface area contributed by atoms with Crippen molar-refractivity contribution in [2.24, 2.45) is 5.73 Å². The van der Waals surface area contributed by atoms with Crippen molar-refractivity contribution in [2.45, 2.75) is 0 Å². The fourth-order valence-electron chi connectivity index (χ4n) is 0.444. The van der Waals surface area contributed by atoms with Gasteiger partial charge in [0.05, 0.1) is 0 Å². The summed E-state index contributed by atoms with van der Waals surface area (Å²) in [5.41, 5.74) is 4.82. The number of nitrogens with two attached hydrogens (primary N) is 1. The molecule has 0 saturated carbocycles. The Morgan fingerprint density at radius 2 is 2.50 bits per heavy atom. The van der Waals surface area contributed by atoms with Gasteiger partial charge in [-0.2, -0.15) is 5.10 Å². The molecule has 0 atom stereocenters. The van der Waals surface area contributed by atoms with Crippen LogP contribution in [0.25, 0.3) is 6.20 Å². The first-order valence-corrected chi connectivity index (χ1v) is 2.61. The van der Waals surface area contributed by atoms with Crippen LogP contribution < -0.4 is 5.73 Å². The van der Waals surface area contributed by atoms with E-state index in [9.17, 15) is 4.79 Å². The summed E-state index contributed by atoms with van der Waals surface area (Å²) in [5, 5.41) is 3.70. The highest BCUT2D eigenvalue weighted by molar-refractivity contribution is 5.88. The molecule has 0 aliphatic carbocycles. The van der Waals surface area contributed by atoms with Crippen molar-refractivity contribution >= 4 is 12.1 Å². The minimum absolute atomic E-state index is 0.504. The maximum absolute atomic E-state index is 10.2. The van der Waals surface area contributed by atoms with Gasteiger partial charge in [0, 0.05) is 12.3 Å². The van der Waals surface area contributed by atoms with Gasteiger partial charge in [0.25, 0.3) is 0 Å². The summed E-state index contributed by atoms with van der Waals surface area (Å²) in [6.07, 6.45) is 5.45. The minimum Gasteiger partial charge on any atom is -0.366 e. The zero-order valence-electron chi connectivity index (χ0n) is 5.14. The molecule has 0 unspecified atom stereocenters. The molecule has 0 aliphatic rings. The van der Waals surface area contributed by atoms with Gasteiger partial charge in [0.2, 0.25) is 5.91 Å². The number of amides is 1. The standard InChI is InChI=1S/C5H6N4O/c6-5(10)1-2-9-4-7-3-8-9/h1-4H,(H2,6,10)/b2-1+. The van der Waals surface area contributed by atoms with Gasteiger partial charge < -0.3 is 5.73 Å². The lowest BCUT2D eigenvalue weighted by atomic mass is 10.6. The molecule has 52 valence electrons. The van der Waals surface area contributed by atoms with Crippen LogP contribution in [0.5, 0.6) is 0 Å². The van der Waals surface area contributed by atoms with Gasteiger partial charge in [-0.1, -0.05) is 0 Å². The lowest BCUT2D eigenvalue weighted by Gasteiger charge is -1.84. The second kappa shape index (κ2) is 2.77. The van der Waals surface area contributed by atoms with Crippen molar-refractivity contribution in [3.05, 3.63) is 18.7 Å². The fourth-order valence-corrected chi connectivity index (χ4v) is 0.444. The van der Waals surface area contributed by atoms with Gasteiger partial charge >= 0.3 is 0 Å². The highest BCUT2D eigenvalue weighted by atomic mass is 16.1. The molecule has 1 aromatic heterocycles. The Kier molecular flexibility index (Phi) is 1.79. The molecule has 0 radical (unpaired) electrons. The van der Waals surface area contributed by atoms with Crippen LogP contribution in [0.2, 0.25) is 0 Å². The highest BCUT2D eigenvalue weighted by Gasteiger charge is 1.83. The number of carbonyl (C=O) groups excluding carboxylic acids is 1. The van der Waals surface area contributed by atoms with E-state index in [0.717, 1.165) is 0 Å². The van der Waals surface area contributed by atoms with Crippen LogP contribution >= 0.6 is 0 Å². The first-order valence-electron chi connectivity index (χ1n) is 2.61. The molecule has 0 fully saturated rings. The third-order valence-electron chi connectivity index (χ3n) is 0.828. The molecule has 0 aliphatic heterocycles. The molecular weight excluding hydrogens is 132 g/mol. The van der Waals surface area contributed by atoms with Crippen molar-refractivity contribution < 1.29 is 4.79 Å². The molecule has 1 aromatic rings. The van der Waals surface area contributed by atoms with E-state index in [4.69, 9.17) is 5.73 Å². The second-order valence-electron chi connectivity index (χ2n) is 1.59. The Morgan fingerprint density at radius 3 is 3.00 bits per heavy atom. The van der Waals surface area contributed by atoms with Crippen LogP contribution in [0.4, 0.5) is 0 Å².